The molecule has 0 bridgehead atoms. The minimum atomic E-state index is -1.50. The third kappa shape index (κ3) is 34300. The molecule has 0 spiro atoms. The molecule has 0 unspecified atom stereocenters. The van der Waals surface area contributed by atoms with Crippen molar-refractivity contribution in [3.8, 4) is 0 Å². The van der Waals surface area contributed by atoms with Gasteiger partial charge >= 0.3 is 5.97 Å². The van der Waals surface area contributed by atoms with E-state index in [9.17, 15) is 4.79 Å². The average Bonchev–Trinajstić information content (AvgIpc) is 1.84. The van der Waals surface area contributed by atoms with E-state index < -0.39 is 17.0 Å². The first-order chi connectivity index (χ1) is 5.73. The van der Waals surface area contributed by atoms with Crippen LogP contribution in [0.2, 0.25) is 0 Å². The molecule has 0 fully saturated rings. The van der Waals surface area contributed by atoms with Crippen LogP contribution in [0.25, 0.3) is 0 Å². The summed E-state index contributed by atoms with van der Waals surface area (Å²) >= 11 is 0. The Morgan fingerprint density at radius 2 is 1.46 bits per heavy atom. The van der Waals surface area contributed by atoms with Crippen LogP contribution in [0.1, 0.15) is 20.3 Å². The fourth-order valence-corrected chi connectivity index (χ4v) is 0. The number of carboxylic acids is 2. The summed E-state index contributed by atoms with van der Waals surface area (Å²) in [5.41, 5.74) is 0. The SMILES string of the molecule is CC(=O)O.CCC(=O)O.O=[N+]([O-])O. The molecule has 78 valence electrons. The number of hydrogen-bond donors (Lipinski definition) is 3. The average molecular weight is 197 g/mol. The first kappa shape index (κ1) is 17.3. The second-order valence-electron chi connectivity index (χ2n) is 1.50. The Labute approximate surface area is 73.5 Å². The summed E-state index contributed by atoms with van der Waals surface area (Å²) < 4.78 is 0. The second kappa shape index (κ2) is 12.8. The summed E-state index contributed by atoms with van der Waals surface area (Å²) in [5.74, 6) is -1.58. The Hall–Kier alpha value is -1.86. The molecule has 13 heavy (non-hydrogen) atoms. The maximum absolute atomic E-state index is 9.37. The first-order valence-corrected chi connectivity index (χ1v) is 2.98. The molecule has 0 heterocycles. The number of rotatable bonds is 1. The molecule has 0 aromatic rings. The number of aliphatic carboxylic acids is 2. The molecule has 0 aliphatic carbocycles. The molecule has 8 heteroatoms. The monoisotopic (exact) mass is 197 g/mol. The largest absolute Gasteiger partial charge is 0.481 e. The van der Waals surface area contributed by atoms with Crippen LogP contribution in [-0.4, -0.2) is 32.4 Å². The summed E-state index contributed by atoms with van der Waals surface area (Å²) in [6.45, 7) is 2.68. The molecule has 0 rings (SSSR count). The zero-order chi connectivity index (χ0) is 11.4. The van der Waals surface area contributed by atoms with Crippen molar-refractivity contribution in [1.82, 2.24) is 0 Å². The van der Waals surface area contributed by atoms with Crippen LogP contribution in [0.5, 0.6) is 0 Å². The highest BCUT2D eigenvalue weighted by Crippen LogP contribution is 1.67. The molecule has 0 aromatic heterocycles. The van der Waals surface area contributed by atoms with E-state index in [0.717, 1.165) is 6.92 Å². The Kier molecular flexibility index (Phi) is 17.0. The normalized spacial score (nSPS) is 6.62. The molecule has 0 amide bonds. The van der Waals surface area contributed by atoms with Crippen LogP contribution in [-0.2, 0) is 9.59 Å². The highest BCUT2D eigenvalue weighted by Gasteiger charge is 1.80. The fraction of sp³-hybridized carbons (Fsp3) is 0.600. The first-order valence-electron chi connectivity index (χ1n) is 2.98. The van der Waals surface area contributed by atoms with Gasteiger partial charge in [-0.15, -0.1) is 10.1 Å². The predicted molar refractivity (Wildman–Crippen MR) is 40.0 cm³/mol. The van der Waals surface area contributed by atoms with Gasteiger partial charge in [0.2, 0.25) is 0 Å². The van der Waals surface area contributed by atoms with E-state index in [1.807, 2.05) is 0 Å². The van der Waals surface area contributed by atoms with Gasteiger partial charge in [0, 0.05) is 13.3 Å². The highest BCUT2D eigenvalue weighted by molar-refractivity contribution is 5.66. The van der Waals surface area contributed by atoms with E-state index in [-0.39, 0.29) is 6.42 Å². The lowest BCUT2D eigenvalue weighted by atomic mass is 10.5. The van der Waals surface area contributed by atoms with Crippen molar-refractivity contribution in [2.75, 3.05) is 0 Å². The molecule has 0 aliphatic heterocycles. The third-order valence-corrected chi connectivity index (χ3v) is 0.302. The molecule has 0 saturated heterocycles. The summed E-state index contributed by atoms with van der Waals surface area (Å²) in [6, 6.07) is 0. The quantitative estimate of drug-likeness (QED) is 0.403. The van der Waals surface area contributed by atoms with E-state index >= 15 is 0 Å². The summed E-state index contributed by atoms with van der Waals surface area (Å²) in [5, 5.41) is 28.8. The van der Waals surface area contributed by atoms with E-state index in [2.05, 4.69) is 0 Å². The Balaban J connectivity index is -0.000000117. The van der Waals surface area contributed by atoms with Crippen molar-refractivity contribution in [1.29, 1.82) is 0 Å². The van der Waals surface area contributed by atoms with Gasteiger partial charge in [0.25, 0.3) is 11.1 Å². The Bertz CT molecular complexity index is 146. The van der Waals surface area contributed by atoms with Crippen molar-refractivity contribution in [2.24, 2.45) is 0 Å². The van der Waals surface area contributed by atoms with E-state index in [1.54, 1.807) is 6.92 Å². The summed E-state index contributed by atoms with van der Waals surface area (Å²) in [4.78, 5) is 26.7. The van der Waals surface area contributed by atoms with E-state index in [0.29, 0.717) is 0 Å². The van der Waals surface area contributed by atoms with Gasteiger partial charge in [-0.2, -0.15) is 0 Å². The van der Waals surface area contributed by atoms with Crippen molar-refractivity contribution in [2.45, 2.75) is 20.3 Å². The molecule has 0 atom stereocenters. The lowest BCUT2D eigenvalue weighted by Gasteiger charge is -1.71. The second-order valence-corrected chi connectivity index (χ2v) is 1.50. The zero-order valence-electron chi connectivity index (χ0n) is 7.13. The maximum atomic E-state index is 9.37. The van der Waals surface area contributed by atoms with Gasteiger partial charge in [0.05, 0.1) is 0 Å². The highest BCUT2D eigenvalue weighted by atomic mass is 16.9. The van der Waals surface area contributed by atoms with Gasteiger partial charge in [0.15, 0.2) is 0 Å². The van der Waals surface area contributed by atoms with Crippen molar-refractivity contribution in [3.63, 3.8) is 0 Å². The Morgan fingerprint density at radius 3 is 1.46 bits per heavy atom. The van der Waals surface area contributed by atoms with Crippen LogP contribution in [0.15, 0.2) is 0 Å². The summed E-state index contributed by atoms with van der Waals surface area (Å²) in [6.07, 6.45) is 0.222. The van der Waals surface area contributed by atoms with E-state index in [4.69, 9.17) is 30.3 Å². The van der Waals surface area contributed by atoms with Crippen molar-refractivity contribution in [3.05, 3.63) is 10.1 Å². The molecule has 0 saturated carbocycles. The van der Waals surface area contributed by atoms with Crippen LogP contribution in [0, 0.1) is 10.1 Å². The van der Waals surface area contributed by atoms with Crippen LogP contribution >= 0.6 is 0 Å². The van der Waals surface area contributed by atoms with Crippen molar-refractivity contribution >= 4 is 11.9 Å². The number of hydrogen-bond acceptors (Lipinski definition) is 4. The number of nitrogens with zero attached hydrogens (tertiary/aromatic N) is 1. The molecule has 0 aliphatic rings. The van der Waals surface area contributed by atoms with Crippen LogP contribution in [0.3, 0.4) is 0 Å². The maximum Gasteiger partial charge on any atom is 0.303 e. The molecule has 8 nitrogen and oxygen atoms in total. The zero-order valence-corrected chi connectivity index (χ0v) is 7.13. The van der Waals surface area contributed by atoms with Crippen LogP contribution in [0.4, 0.5) is 0 Å². The van der Waals surface area contributed by atoms with Gasteiger partial charge in [-0.1, -0.05) is 6.92 Å². The summed E-state index contributed by atoms with van der Waals surface area (Å²) in [7, 11) is 0. The molecule has 3 N–H and O–H groups in total. The number of carboxylic acid groups (broad SMARTS) is 2. The fourth-order valence-electron chi connectivity index (χ4n) is 0. The number of carbonyl (C=O) groups is 2. The lowest BCUT2D eigenvalue weighted by Crippen LogP contribution is -1.86. The third-order valence-electron chi connectivity index (χ3n) is 0.302. The molecule has 0 aromatic carbocycles. The van der Waals surface area contributed by atoms with Gasteiger partial charge in [-0.05, 0) is 0 Å². The van der Waals surface area contributed by atoms with Crippen LogP contribution < -0.4 is 0 Å². The van der Waals surface area contributed by atoms with Gasteiger partial charge < -0.3 is 15.4 Å². The molecule has 0 radical (unpaired) electrons. The van der Waals surface area contributed by atoms with Gasteiger partial charge in [0.1, 0.15) is 0 Å². The molecular formula is C5H11NO7. The Morgan fingerprint density at radius 1 is 1.38 bits per heavy atom. The molecular weight excluding hydrogens is 186 g/mol. The van der Waals surface area contributed by atoms with E-state index in [1.165, 1.54) is 0 Å². The minimum absolute atomic E-state index is 0.222. The van der Waals surface area contributed by atoms with Crippen molar-refractivity contribution < 1.29 is 30.1 Å². The minimum Gasteiger partial charge on any atom is -0.481 e. The van der Waals surface area contributed by atoms with Gasteiger partial charge in [-0.3, -0.25) is 9.59 Å². The van der Waals surface area contributed by atoms with Gasteiger partial charge in [-0.25, -0.2) is 0 Å². The standard InChI is InChI=1S/C3H6O2.C2H4O2.HNO3/c1-2-3(4)5;1-2(3)4;2-1(3)4/h2H2,1H3,(H,4,5);1H3,(H,3,4);(H,2,3,4). The topological polar surface area (TPSA) is 138 Å². The predicted octanol–water partition coefficient (Wildman–Crippen LogP) is 0.224. The lowest BCUT2D eigenvalue weighted by molar-refractivity contribution is -0.742. The smallest absolute Gasteiger partial charge is 0.303 e.